The first kappa shape index (κ1) is 20.6. The van der Waals surface area contributed by atoms with E-state index in [-0.39, 0.29) is 11.5 Å². The minimum Gasteiger partial charge on any atom is -0.478 e. The monoisotopic (exact) mass is 316 g/mol. The molecule has 0 radical (unpaired) electrons. The number of unbranched alkanes of at least 4 members (excludes halogenated alkanes) is 1. The van der Waals surface area contributed by atoms with Crippen LogP contribution in [0.25, 0.3) is 0 Å². The summed E-state index contributed by atoms with van der Waals surface area (Å²) < 4.78 is 0. The summed E-state index contributed by atoms with van der Waals surface area (Å²) in [4.78, 5) is 32.2. The Bertz CT molecular complexity index is 381. The molecule has 0 aliphatic carbocycles. The van der Waals surface area contributed by atoms with E-state index in [1.807, 2.05) is 6.92 Å². The number of carboxylic acids is 1. The smallest absolute Gasteiger partial charge is 0.372 e. The standard InChI is InChI=1S/C16H28O6/c1-6-8-9-12(7-2)10-13(11-14(17)18)15(19)20-22-21-16(3,4)5/h11-12H,6-10H2,1-5H3,(H,17,18). The van der Waals surface area contributed by atoms with Crippen LogP contribution in [0.1, 0.15) is 66.7 Å². The lowest BCUT2D eigenvalue weighted by Gasteiger charge is -2.17. The second-order valence-corrected chi connectivity index (χ2v) is 6.26. The third kappa shape index (κ3) is 10.3. The molecular formula is C16H28O6. The predicted molar refractivity (Wildman–Crippen MR) is 81.7 cm³/mol. The van der Waals surface area contributed by atoms with Crippen molar-refractivity contribution in [3.8, 4) is 0 Å². The summed E-state index contributed by atoms with van der Waals surface area (Å²) in [5.74, 6) is -1.78. The molecule has 0 bridgehead atoms. The highest BCUT2D eigenvalue weighted by Gasteiger charge is 2.20. The van der Waals surface area contributed by atoms with Gasteiger partial charge in [-0.05, 0) is 38.1 Å². The van der Waals surface area contributed by atoms with Crippen molar-refractivity contribution < 1.29 is 29.5 Å². The maximum atomic E-state index is 11.9. The Morgan fingerprint density at radius 2 is 1.86 bits per heavy atom. The van der Waals surface area contributed by atoms with Crippen LogP contribution < -0.4 is 0 Å². The second-order valence-electron chi connectivity index (χ2n) is 6.26. The van der Waals surface area contributed by atoms with Gasteiger partial charge in [0.1, 0.15) is 0 Å². The molecule has 1 unspecified atom stereocenters. The van der Waals surface area contributed by atoms with Crippen molar-refractivity contribution in [3.05, 3.63) is 11.6 Å². The zero-order chi connectivity index (χ0) is 17.2. The molecule has 6 heteroatoms. The number of hydrogen-bond acceptors (Lipinski definition) is 5. The van der Waals surface area contributed by atoms with Gasteiger partial charge >= 0.3 is 11.9 Å². The molecule has 6 nitrogen and oxygen atoms in total. The van der Waals surface area contributed by atoms with Crippen molar-refractivity contribution in [2.24, 2.45) is 5.92 Å². The molecule has 0 saturated heterocycles. The van der Waals surface area contributed by atoms with Crippen LogP contribution in [-0.2, 0) is 24.4 Å². The van der Waals surface area contributed by atoms with Gasteiger partial charge in [0.15, 0.2) is 0 Å². The van der Waals surface area contributed by atoms with Gasteiger partial charge in [-0.25, -0.2) is 9.59 Å². The van der Waals surface area contributed by atoms with Gasteiger partial charge in [-0.2, -0.15) is 4.89 Å². The van der Waals surface area contributed by atoms with E-state index in [4.69, 9.17) is 9.99 Å². The fraction of sp³-hybridized carbons (Fsp3) is 0.750. The van der Waals surface area contributed by atoms with E-state index in [0.717, 1.165) is 31.8 Å². The fourth-order valence-corrected chi connectivity index (χ4v) is 1.81. The van der Waals surface area contributed by atoms with Crippen molar-refractivity contribution >= 4 is 11.9 Å². The summed E-state index contributed by atoms with van der Waals surface area (Å²) in [5.41, 5.74) is -0.558. The maximum absolute atomic E-state index is 11.9. The first-order valence-corrected chi connectivity index (χ1v) is 7.69. The normalized spacial score (nSPS) is 13.8. The van der Waals surface area contributed by atoms with E-state index in [9.17, 15) is 9.59 Å². The molecule has 128 valence electrons. The van der Waals surface area contributed by atoms with Gasteiger partial charge in [-0.15, -0.1) is 0 Å². The molecule has 0 aromatic heterocycles. The molecule has 1 N–H and O–H groups in total. The molecule has 0 aliphatic heterocycles. The second kappa shape index (κ2) is 10.3. The Kier molecular flexibility index (Phi) is 9.69. The van der Waals surface area contributed by atoms with Crippen molar-refractivity contribution in [3.63, 3.8) is 0 Å². The molecule has 0 heterocycles. The summed E-state index contributed by atoms with van der Waals surface area (Å²) in [6.45, 7) is 9.29. The largest absolute Gasteiger partial charge is 0.478 e. The molecule has 0 saturated carbocycles. The van der Waals surface area contributed by atoms with Crippen LogP contribution in [0.4, 0.5) is 0 Å². The Hall–Kier alpha value is -1.40. The van der Waals surface area contributed by atoms with Gasteiger partial charge in [0.25, 0.3) is 0 Å². The summed E-state index contributed by atoms with van der Waals surface area (Å²) in [7, 11) is 0. The first-order valence-electron chi connectivity index (χ1n) is 7.69. The van der Waals surface area contributed by atoms with Crippen LogP contribution in [-0.4, -0.2) is 22.6 Å². The zero-order valence-electron chi connectivity index (χ0n) is 14.2. The van der Waals surface area contributed by atoms with Crippen LogP contribution in [0.2, 0.25) is 0 Å². The summed E-state index contributed by atoms with van der Waals surface area (Å²) >= 11 is 0. The lowest BCUT2D eigenvalue weighted by Crippen LogP contribution is -2.22. The third-order valence-electron chi connectivity index (χ3n) is 3.01. The Morgan fingerprint density at radius 3 is 2.32 bits per heavy atom. The SMILES string of the molecule is CCCCC(CC)CC(=CC(=O)O)C(=O)OOOC(C)(C)C. The van der Waals surface area contributed by atoms with Crippen LogP contribution in [0.5, 0.6) is 0 Å². The molecule has 1 atom stereocenters. The van der Waals surface area contributed by atoms with E-state index < -0.39 is 17.5 Å². The first-order chi connectivity index (χ1) is 10.2. The molecule has 0 aliphatic rings. The quantitative estimate of drug-likeness (QED) is 0.375. The van der Waals surface area contributed by atoms with Crippen molar-refractivity contribution in [2.75, 3.05) is 0 Å². The van der Waals surface area contributed by atoms with Gasteiger partial charge in [0.05, 0.1) is 5.60 Å². The van der Waals surface area contributed by atoms with Crippen molar-refractivity contribution in [1.82, 2.24) is 0 Å². The van der Waals surface area contributed by atoms with E-state index in [1.54, 1.807) is 20.8 Å². The van der Waals surface area contributed by atoms with E-state index in [2.05, 4.69) is 16.8 Å². The number of carboxylic acid groups (broad SMARTS) is 1. The zero-order valence-corrected chi connectivity index (χ0v) is 14.2. The number of aliphatic carboxylic acids is 1. The summed E-state index contributed by atoms with van der Waals surface area (Å²) in [6.07, 6.45) is 5.12. The lowest BCUT2D eigenvalue weighted by molar-refractivity contribution is -0.513. The number of carbonyl (C=O) groups excluding carboxylic acids is 1. The molecule has 0 aromatic carbocycles. The van der Waals surface area contributed by atoms with Gasteiger partial charge in [-0.3, -0.25) is 4.89 Å². The molecule has 0 fully saturated rings. The van der Waals surface area contributed by atoms with Gasteiger partial charge in [0.2, 0.25) is 0 Å². The molecule has 22 heavy (non-hydrogen) atoms. The van der Waals surface area contributed by atoms with E-state index in [1.165, 1.54) is 0 Å². The topological polar surface area (TPSA) is 82.1 Å². The minimum absolute atomic E-state index is 0.0768. The highest BCUT2D eigenvalue weighted by molar-refractivity contribution is 5.95. The summed E-state index contributed by atoms with van der Waals surface area (Å²) in [5, 5.41) is 13.3. The molecule has 0 rings (SSSR count). The van der Waals surface area contributed by atoms with Crippen LogP contribution in [0, 0.1) is 5.92 Å². The molecule has 0 aromatic rings. The van der Waals surface area contributed by atoms with Gasteiger partial charge < -0.3 is 5.11 Å². The van der Waals surface area contributed by atoms with E-state index in [0.29, 0.717) is 6.42 Å². The predicted octanol–water partition coefficient (Wildman–Crippen LogP) is 3.81. The van der Waals surface area contributed by atoms with Crippen LogP contribution in [0.3, 0.4) is 0 Å². The van der Waals surface area contributed by atoms with Crippen LogP contribution >= 0.6 is 0 Å². The Morgan fingerprint density at radius 1 is 1.23 bits per heavy atom. The molecule has 0 amide bonds. The van der Waals surface area contributed by atoms with Crippen molar-refractivity contribution in [2.45, 2.75) is 72.3 Å². The highest BCUT2D eigenvalue weighted by atomic mass is 17.5. The highest BCUT2D eigenvalue weighted by Crippen LogP contribution is 2.22. The van der Waals surface area contributed by atoms with Gasteiger partial charge in [-0.1, -0.05) is 39.5 Å². The molecular weight excluding hydrogens is 288 g/mol. The number of carbonyl (C=O) groups is 2. The fourth-order valence-electron chi connectivity index (χ4n) is 1.81. The molecule has 0 spiro atoms. The number of rotatable bonds is 10. The lowest BCUT2D eigenvalue weighted by atomic mass is 9.91. The Labute approximate surface area is 132 Å². The summed E-state index contributed by atoms with van der Waals surface area (Å²) in [6, 6.07) is 0. The third-order valence-corrected chi connectivity index (χ3v) is 3.01. The minimum atomic E-state index is -1.19. The van der Waals surface area contributed by atoms with Crippen molar-refractivity contribution in [1.29, 1.82) is 0 Å². The van der Waals surface area contributed by atoms with Crippen LogP contribution in [0.15, 0.2) is 11.6 Å². The Balaban J connectivity index is 4.69. The average Bonchev–Trinajstić information content (AvgIpc) is 2.40. The van der Waals surface area contributed by atoms with Gasteiger partial charge in [0, 0.05) is 11.6 Å². The maximum Gasteiger partial charge on any atom is 0.372 e. The number of hydrogen-bond donors (Lipinski definition) is 1. The van der Waals surface area contributed by atoms with E-state index >= 15 is 0 Å². The average molecular weight is 316 g/mol.